The molecule has 6 heteroatoms. The van der Waals surface area contributed by atoms with Crippen LogP contribution in [-0.2, 0) is 19.5 Å². The molecular formula is C14H18BrN5. The van der Waals surface area contributed by atoms with E-state index in [2.05, 4.69) is 52.6 Å². The minimum atomic E-state index is 0.519. The SMILES string of the molecule is Brc1cnn(C2CN(Cc3cnc4n3CCCC4)C2)c1. The molecule has 1 fully saturated rings. The number of aromatic nitrogens is 4. The van der Waals surface area contributed by atoms with Crippen molar-refractivity contribution in [1.82, 2.24) is 24.2 Å². The Hall–Kier alpha value is -1.14. The molecule has 2 aliphatic rings. The molecule has 2 aliphatic heterocycles. The second-order valence-corrected chi connectivity index (χ2v) is 6.68. The summed E-state index contributed by atoms with van der Waals surface area (Å²) < 4.78 is 5.54. The van der Waals surface area contributed by atoms with Crippen molar-refractivity contribution in [3.8, 4) is 0 Å². The molecule has 106 valence electrons. The summed E-state index contributed by atoms with van der Waals surface area (Å²) in [4.78, 5) is 7.03. The van der Waals surface area contributed by atoms with Crippen LogP contribution in [0.3, 0.4) is 0 Å². The second-order valence-electron chi connectivity index (χ2n) is 5.76. The Kier molecular flexibility index (Phi) is 3.15. The van der Waals surface area contributed by atoms with Gasteiger partial charge in [0.25, 0.3) is 0 Å². The number of aryl methyl sites for hydroxylation is 1. The maximum atomic E-state index is 4.56. The smallest absolute Gasteiger partial charge is 0.108 e. The van der Waals surface area contributed by atoms with Gasteiger partial charge in [0.1, 0.15) is 5.82 Å². The number of hydrogen-bond donors (Lipinski definition) is 0. The Bertz CT molecular complexity index is 611. The van der Waals surface area contributed by atoms with E-state index in [1.807, 2.05) is 6.20 Å². The Labute approximate surface area is 126 Å². The molecule has 2 aromatic heterocycles. The third-order valence-electron chi connectivity index (χ3n) is 4.32. The molecule has 0 aliphatic carbocycles. The lowest BCUT2D eigenvalue weighted by atomic mass is 10.1. The fourth-order valence-corrected chi connectivity index (χ4v) is 3.49. The maximum absolute atomic E-state index is 4.56. The quantitative estimate of drug-likeness (QED) is 0.863. The summed E-state index contributed by atoms with van der Waals surface area (Å²) in [7, 11) is 0. The zero-order chi connectivity index (χ0) is 13.5. The molecule has 0 N–H and O–H groups in total. The molecule has 2 aromatic rings. The van der Waals surface area contributed by atoms with Crippen LogP contribution >= 0.6 is 15.9 Å². The van der Waals surface area contributed by atoms with Gasteiger partial charge in [-0.3, -0.25) is 9.58 Å². The van der Waals surface area contributed by atoms with Crippen molar-refractivity contribution in [3.63, 3.8) is 0 Å². The summed E-state index contributed by atoms with van der Waals surface area (Å²) in [6.45, 7) is 4.32. The van der Waals surface area contributed by atoms with Crippen LogP contribution in [0, 0.1) is 0 Å². The van der Waals surface area contributed by atoms with Crippen molar-refractivity contribution >= 4 is 15.9 Å². The molecule has 0 atom stereocenters. The molecule has 5 nitrogen and oxygen atoms in total. The van der Waals surface area contributed by atoms with Gasteiger partial charge in [-0.2, -0.15) is 5.10 Å². The van der Waals surface area contributed by atoms with Gasteiger partial charge < -0.3 is 4.57 Å². The van der Waals surface area contributed by atoms with Crippen LogP contribution in [0.1, 0.15) is 30.4 Å². The molecule has 0 spiro atoms. The van der Waals surface area contributed by atoms with Gasteiger partial charge in [-0.25, -0.2) is 4.98 Å². The lowest BCUT2D eigenvalue weighted by Gasteiger charge is -2.39. The van der Waals surface area contributed by atoms with Gasteiger partial charge in [-0.05, 0) is 28.8 Å². The summed E-state index contributed by atoms with van der Waals surface area (Å²) in [5.41, 5.74) is 1.37. The van der Waals surface area contributed by atoms with E-state index < -0.39 is 0 Å². The fourth-order valence-electron chi connectivity index (χ4n) is 3.19. The minimum absolute atomic E-state index is 0.519. The predicted octanol–water partition coefficient (Wildman–Crippen LogP) is 2.24. The van der Waals surface area contributed by atoms with Crippen LogP contribution in [0.15, 0.2) is 23.1 Å². The topological polar surface area (TPSA) is 38.9 Å². The van der Waals surface area contributed by atoms with E-state index >= 15 is 0 Å². The highest BCUT2D eigenvalue weighted by atomic mass is 79.9. The highest BCUT2D eigenvalue weighted by Gasteiger charge is 2.29. The Morgan fingerprint density at radius 3 is 2.95 bits per heavy atom. The third kappa shape index (κ3) is 2.20. The first-order valence-corrected chi connectivity index (χ1v) is 8.04. The molecule has 0 unspecified atom stereocenters. The van der Waals surface area contributed by atoms with E-state index in [0.29, 0.717) is 6.04 Å². The molecule has 1 saturated heterocycles. The van der Waals surface area contributed by atoms with Crippen LogP contribution in [-0.4, -0.2) is 37.3 Å². The summed E-state index contributed by atoms with van der Waals surface area (Å²) in [6, 6.07) is 0.519. The second kappa shape index (κ2) is 5.00. The molecule has 0 aromatic carbocycles. The molecule has 0 amide bonds. The summed E-state index contributed by atoms with van der Waals surface area (Å²) in [5, 5.41) is 4.37. The molecular weight excluding hydrogens is 318 g/mol. The number of halogens is 1. The first-order chi connectivity index (χ1) is 9.79. The van der Waals surface area contributed by atoms with Gasteiger partial charge in [-0.1, -0.05) is 0 Å². The Morgan fingerprint density at radius 1 is 1.25 bits per heavy atom. The van der Waals surface area contributed by atoms with E-state index in [0.717, 1.165) is 37.1 Å². The van der Waals surface area contributed by atoms with Crippen molar-refractivity contribution < 1.29 is 0 Å². The van der Waals surface area contributed by atoms with Gasteiger partial charge >= 0.3 is 0 Å². The van der Waals surface area contributed by atoms with E-state index in [1.165, 1.54) is 24.4 Å². The van der Waals surface area contributed by atoms with Crippen molar-refractivity contribution in [2.24, 2.45) is 0 Å². The van der Waals surface area contributed by atoms with Gasteiger partial charge in [0.2, 0.25) is 0 Å². The largest absolute Gasteiger partial charge is 0.331 e. The number of rotatable bonds is 3. The molecule has 0 saturated carbocycles. The maximum Gasteiger partial charge on any atom is 0.108 e. The molecule has 20 heavy (non-hydrogen) atoms. The van der Waals surface area contributed by atoms with E-state index in [4.69, 9.17) is 0 Å². The van der Waals surface area contributed by atoms with Gasteiger partial charge in [-0.15, -0.1) is 0 Å². The molecule has 4 heterocycles. The fraction of sp³-hybridized carbons (Fsp3) is 0.571. The first kappa shape index (κ1) is 12.6. The number of fused-ring (bicyclic) bond motifs is 1. The first-order valence-electron chi connectivity index (χ1n) is 7.25. The van der Waals surface area contributed by atoms with Crippen LogP contribution in [0.2, 0.25) is 0 Å². The number of nitrogens with zero attached hydrogens (tertiary/aromatic N) is 5. The molecule has 0 bridgehead atoms. The van der Waals surface area contributed by atoms with Gasteiger partial charge in [0, 0.05) is 45.0 Å². The summed E-state index contributed by atoms with van der Waals surface area (Å²) in [5.74, 6) is 1.28. The number of likely N-dealkylation sites (tertiary alicyclic amines) is 1. The standard InChI is InChI=1S/C14H18BrN5/c15-11-5-17-20(7-11)13-9-18(10-13)8-12-6-16-14-3-1-2-4-19(12)14/h5-7,13H,1-4,8-10H2. The number of hydrogen-bond acceptors (Lipinski definition) is 3. The van der Waals surface area contributed by atoms with Crippen LogP contribution in [0.5, 0.6) is 0 Å². The van der Waals surface area contributed by atoms with Crippen LogP contribution < -0.4 is 0 Å². The zero-order valence-electron chi connectivity index (χ0n) is 11.4. The van der Waals surface area contributed by atoms with Crippen molar-refractivity contribution in [2.45, 2.75) is 38.4 Å². The van der Waals surface area contributed by atoms with Gasteiger partial charge in [0.05, 0.1) is 22.4 Å². The summed E-state index contributed by atoms with van der Waals surface area (Å²) in [6.07, 6.45) is 9.71. The minimum Gasteiger partial charge on any atom is -0.331 e. The van der Waals surface area contributed by atoms with Crippen LogP contribution in [0.4, 0.5) is 0 Å². The average molecular weight is 336 g/mol. The van der Waals surface area contributed by atoms with Gasteiger partial charge in [0.15, 0.2) is 0 Å². The van der Waals surface area contributed by atoms with Crippen molar-refractivity contribution in [1.29, 1.82) is 0 Å². The highest BCUT2D eigenvalue weighted by molar-refractivity contribution is 9.10. The lowest BCUT2D eigenvalue weighted by Crippen LogP contribution is -2.47. The van der Waals surface area contributed by atoms with Crippen molar-refractivity contribution in [2.75, 3.05) is 13.1 Å². The lowest BCUT2D eigenvalue weighted by molar-refractivity contribution is 0.0880. The highest BCUT2D eigenvalue weighted by Crippen LogP contribution is 2.25. The number of imidazole rings is 1. The zero-order valence-corrected chi connectivity index (χ0v) is 13.0. The van der Waals surface area contributed by atoms with Crippen molar-refractivity contribution in [3.05, 3.63) is 34.6 Å². The monoisotopic (exact) mass is 335 g/mol. The Balaban J connectivity index is 1.39. The third-order valence-corrected chi connectivity index (χ3v) is 4.73. The molecule has 0 radical (unpaired) electrons. The van der Waals surface area contributed by atoms with Crippen LogP contribution in [0.25, 0.3) is 0 Å². The Morgan fingerprint density at radius 2 is 2.15 bits per heavy atom. The van der Waals surface area contributed by atoms with E-state index in [-0.39, 0.29) is 0 Å². The average Bonchev–Trinajstić information content (AvgIpc) is 3.00. The van der Waals surface area contributed by atoms with E-state index in [1.54, 1.807) is 0 Å². The predicted molar refractivity (Wildman–Crippen MR) is 79.4 cm³/mol. The van der Waals surface area contributed by atoms with E-state index in [9.17, 15) is 0 Å². The summed E-state index contributed by atoms with van der Waals surface area (Å²) >= 11 is 3.45. The molecule has 4 rings (SSSR count). The normalized spacial score (nSPS) is 19.9.